The third-order valence-corrected chi connectivity index (χ3v) is 3.02. The Kier molecular flexibility index (Phi) is 6.05. The molecule has 0 atom stereocenters. The van der Waals surface area contributed by atoms with Gasteiger partial charge in [0.25, 0.3) is 5.69 Å². The van der Waals surface area contributed by atoms with Gasteiger partial charge in [0.1, 0.15) is 17.8 Å². The van der Waals surface area contributed by atoms with Crippen LogP contribution in [0.2, 0.25) is 0 Å². The van der Waals surface area contributed by atoms with Crippen LogP contribution in [0.5, 0.6) is 5.75 Å². The van der Waals surface area contributed by atoms with E-state index in [0.29, 0.717) is 12.4 Å². The van der Waals surface area contributed by atoms with Gasteiger partial charge >= 0.3 is 0 Å². The van der Waals surface area contributed by atoms with Crippen molar-refractivity contribution in [2.75, 3.05) is 12.0 Å². The average molecular weight is 314 g/mol. The largest absolute Gasteiger partial charge is 0.493 e. The molecule has 1 N–H and O–H groups in total. The molecule has 0 aliphatic rings. The Morgan fingerprint density at radius 2 is 2.17 bits per heavy atom. The molecule has 23 heavy (non-hydrogen) atoms. The van der Waals surface area contributed by atoms with Crippen LogP contribution < -0.4 is 10.2 Å². The number of hydrazone groups is 1. The summed E-state index contributed by atoms with van der Waals surface area (Å²) >= 11 is 0. The Bertz CT molecular complexity index is 671. The van der Waals surface area contributed by atoms with Gasteiger partial charge in [0.2, 0.25) is 0 Å². The summed E-state index contributed by atoms with van der Waals surface area (Å²) < 4.78 is 5.71. The number of unbranched alkanes of at least 4 members (excludes halogenated alkanes) is 1. The lowest BCUT2D eigenvalue weighted by atomic mass is 10.2. The van der Waals surface area contributed by atoms with Crippen molar-refractivity contribution < 1.29 is 9.66 Å². The molecule has 0 saturated heterocycles. The Balaban J connectivity index is 1.98. The van der Waals surface area contributed by atoms with E-state index < -0.39 is 4.92 Å². The topological polar surface area (TPSA) is 89.6 Å². The molecule has 1 aromatic heterocycles. The summed E-state index contributed by atoms with van der Waals surface area (Å²) in [6.45, 7) is 2.77. The zero-order valence-electron chi connectivity index (χ0n) is 12.8. The third kappa shape index (κ3) is 5.06. The van der Waals surface area contributed by atoms with Crippen molar-refractivity contribution in [1.29, 1.82) is 0 Å². The molecule has 7 nitrogen and oxygen atoms in total. The first-order valence-electron chi connectivity index (χ1n) is 7.32. The van der Waals surface area contributed by atoms with Gasteiger partial charge in [0.05, 0.1) is 17.7 Å². The number of ether oxygens (including phenoxy) is 1. The Morgan fingerprint density at radius 1 is 1.35 bits per heavy atom. The van der Waals surface area contributed by atoms with Crippen LogP contribution in [0.4, 0.5) is 11.5 Å². The Labute approximate surface area is 134 Å². The zero-order valence-corrected chi connectivity index (χ0v) is 12.8. The highest BCUT2D eigenvalue weighted by atomic mass is 16.6. The van der Waals surface area contributed by atoms with Gasteiger partial charge in [0, 0.05) is 11.6 Å². The van der Waals surface area contributed by atoms with Crippen LogP contribution in [-0.4, -0.2) is 22.7 Å². The minimum Gasteiger partial charge on any atom is -0.493 e. The second-order valence-electron chi connectivity index (χ2n) is 4.77. The maximum absolute atomic E-state index is 10.6. The molecule has 0 saturated carbocycles. The number of benzene rings is 1. The summed E-state index contributed by atoms with van der Waals surface area (Å²) in [5.74, 6) is 1.19. The van der Waals surface area contributed by atoms with E-state index in [4.69, 9.17) is 4.74 Å². The van der Waals surface area contributed by atoms with Gasteiger partial charge in [0.15, 0.2) is 0 Å². The molecule has 0 spiro atoms. The highest BCUT2D eigenvalue weighted by Gasteiger charge is 2.04. The minimum atomic E-state index is -0.496. The number of nitro groups is 1. The van der Waals surface area contributed by atoms with Crippen molar-refractivity contribution in [2.24, 2.45) is 5.10 Å². The summed E-state index contributed by atoms with van der Waals surface area (Å²) in [7, 11) is 0. The average Bonchev–Trinajstić information content (AvgIpc) is 2.57. The van der Waals surface area contributed by atoms with Crippen LogP contribution >= 0.6 is 0 Å². The zero-order chi connectivity index (χ0) is 16.5. The van der Waals surface area contributed by atoms with Crippen molar-refractivity contribution in [2.45, 2.75) is 19.8 Å². The lowest BCUT2D eigenvalue weighted by molar-refractivity contribution is -0.385. The molecular formula is C16H18N4O3. The molecule has 1 heterocycles. The minimum absolute atomic E-state index is 0.0609. The number of nitrogens with one attached hydrogen (secondary N) is 1. The quantitative estimate of drug-likeness (QED) is 0.348. The molecular weight excluding hydrogens is 296 g/mol. The maximum Gasteiger partial charge on any atom is 0.287 e. The fourth-order valence-electron chi connectivity index (χ4n) is 1.77. The normalized spacial score (nSPS) is 10.7. The Hall–Kier alpha value is -2.96. The number of pyridine rings is 1. The number of hydrogen-bond donors (Lipinski definition) is 1. The van der Waals surface area contributed by atoms with Gasteiger partial charge in [-0.2, -0.15) is 5.10 Å². The van der Waals surface area contributed by atoms with Crippen molar-refractivity contribution in [3.63, 3.8) is 0 Å². The van der Waals surface area contributed by atoms with Gasteiger partial charge in [-0.15, -0.1) is 0 Å². The van der Waals surface area contributed by atoms with Crippen molar-refractivity contribution in [3.05, 3.63) is 58.3 Å². The number of rotatable bonds is 8. The molecule has 0 unspecified atom stereocenters. The molecule has 0 radical (unpaired) electrons. The first-order valence-corrected chi connectivity index (χ1v) is 7.32. The van der Waals surface area contributed by atoms with Crippen molar-refractivity contribution in [1.82, 2.24) is 4.98 Å². The summed E-state index contributed by atoms with van der Waals surface area (Å²) in [4.78, 5) is 14.0. The van der Waals surface area contributed by atoms with Crippen molar-refractivity contribution in [3.8, 4) is 5.75 Å². The van der Waals surface area contributed by atoms with E-state index in [1.54, 1.807) is 6.21 Å². The summed E-state index contributed by atoms with van der Waals surface area (Å²) in [6, 6.07) is 10.5. The van der Waals surface area contributed by atoms with Crippen LogP contribution in [0.25, 0.3) is 0 Å². The van der Waals surface area contributed by atoms with Crippen LogP contribution in [0.15, 0.2) is 47.7 Å². The van der Waals surface area contributed by atoms with Crippen LogP contribution in [-0.2, 0) is 0 Å². The molecule has 1 aromatic carbocycles. The van der Waals surface area contributed by atoms with Gasteiger partial charge < -0.3 is 4.74 Å². The lowest BCUT2D eigenvalue weighted by Gasteiger charge is -2.08. The fraction of sp³-hybridized carbons (Fsp3) is 0.250. The van der Waals surface area contributed by atoms with E-state index in [-0.39, 0.29) is 5.69 Å². The van der Waals surface area contributed by atoms with Gasteiger partial charge in [-0.1, -0.05) is 25.5 Å². The van der Waals surface area contributed by atoms with E-state index in [9.17, 15) is 10.1 Å². The molecule has 0 amide bonds. The molecule has 0 fully saturated rings. The van der Waals surface area contributed by atoms with Crippen LogP contribution in [0.1, 0.15) is 25.3 Å². The standard InChI is InChI=1S/C16H18N4O3/c1-2-3-10-23-15-7-5-4-6-13(15)11-18-19-16-9-8-14(12-17-16)20(21)22/h4-9,11-12H,2-3,10H2,1H3,(H,17,19). The fourth-order valence-corrected chi connectivity index (χ4v) is 1.77. The molecule has 7 heteroatoms. The van der Waals surface area contributed by atoms with Crippen LogP contribution in [0.3, 0.4) is 0 Å². The molecule has 2 rings (SSSR count). The SMILES string of the molecule is CCCCOc1ccccc1C=NNc1ccc([N+](=O)[O-])cn1. The van der Waals surface area contributed by atoms with E-state index in [1.165, 1.54) is 18.3 Å². The van der Waals surface area contributed by atoms with Gasteiger partial charge in [-0.05, 0) is 24.6 Å². The summed E-state index contributed by atoms with van der Waals surface area (Å²) in [6.07, 6.45) is 4.88. The molecule has 120 valence electrons. The molecule has 0 aliphatic carbocycles. The number of aromatic nitrogens is 1. The Morgan fingerprint density at radius 3 is 2.87 bits per heavy atom. The van der Waals surface area contributed by atoms with E-state index in [2.05, 4.69) is 22.4 Å². The highest BCUT2D eigenvalue weighted by molar-refractivity contribution is 5.83. The second-order valence-corrected chi connectivity index (χ2v) is 4.77. The first kappa shape index (κ1) is 16.4. The second kappa shape index (κ2) is 8.47. The maximum atomic E-state index is 10.6. The van der Waals surface area contributed by atoms with Gasteiger partial charge in [-0.3, -0.25) is 15.5 Å². The molecule has 2 aromatic rings. The monoisotopic (exact) mass is 314 g/mol. The first-order chi connectivity index (χ1) is 11.2. The summed E-state index contributed by atoms with van der Waals surface area (Å²) in [5.41, 5.74) is 3.52. The van der Waals surface area contributed by atoms with Gasteiger partial charge in [-0.25, -0.2) is 4.98 Å². The number of anilines is 1. The number of hydrogen-bond acceptors (Lipinski definition) is 6. The molecule has 0 bridgehead atoms. The smallest absolute Gasteiger partial charge is 0.287 e. The van der Waals surface area contributed by atoms with E-state index in [1.807, 2.05) is 24.3 Å². The number of para-hydroxylation sites is 1. The van der Waals surface area contributed by atoms with E-state index >= 15 is 0 Å². The highest BCUT2D eigenvalue weighted by Crippen LogP contribution is 2.16. The lowest BCUT2D eigenvalue weighted by Crippen LogP contribution is -2.00. The predicted octanol–water partition coefficient (Wildman–Crippen LogP) is 3.61. The van der Waals surface area contributed by atoms with Crippen LogP contribution in [0, 0.1) is 10.1 Å². The predicted molar refractivity (Wildman–Crippen MR) is 89.0 cm³/mol. The summed E-state index contributed by atoms with van der Waals surface area (Å²) in [5, 5.41) is 14.6. The molecule has 0 aliphatic heterocycles. The third-order valence-electron chi connectivity index (χ3n) is 3.02. The number of nitrogens with zero attached hydrogens (tertiary/aromatic N) is 3. The van der Waals surface area contributed by atoms with Crippen molar-refractivity contribution >= 4 is 17.7 Å². The van der Waals surface area contributed by atoms with E-state index in [0.717, 1.165) is 24.2 Å².